The van der Waals surface area contributed by atoms with Crippen molar-refractivity contribution in [3.8, 4) is 0 Å². The zero-order valence-corrected chi connectivity index (χ0v) is 17.3. The first kappa shape index (κ1) is 21.1. The molecule has 0 spiro atoms. The number of nitrogens with zero attached hydrogens (tertiary/aromatic N) is 3. The Kier molecular flexibility index (Phi) is 6.20. The number of aromatic nitrogens is 3. The first-order chi connectivity index (χ1) is 14.2. The van der Waals surface area contributed by atoms with Crippen molar-refractivity contribution in [3.63, 3.8) is 0 Å². The van der Waals surface area contributed by atoms with E-state index in [4.69, 9.17) is 5.11 Å². The van der Waals surface area contributed by atoms with Crippen molar-refractivity contribution in [2.45, 2.75) is 32.6 Å². The van der Waals surface area contributed by atoms with Crippen molar-refractivity contribution >= 4 is 29.3 Å². The summed E-state index contributed by atoms with van der Waals surface area (Å²) in [6.07, 6.45) is 1.24. The molecule has 0 saturated carbocycles. The van der Waals surface area contributed by atoms with E-state index in [1.165, 1.54) is 0 Å². The normalized spacial score (nSPS) is 11.3. The molecule has 0 unspecified atom stereocenters. The fourth-order valence-corrected chi connectivity index (χ4v) is 2.85. The zero-order chi connectivity index (χ0) is 21.7. The van der Waals surface area contributed by atoms with Gasteiger partial charge in [-0.3, -0.25) is 4.79 Å². The van der Waals surface area contributed by atoms with Crippen molar-refractivity contribution < 1.29 is 14.7 Å². The standard InChI is InChI=1S/C21H26N6O3/c1-21(2,3)15-7-5-14(6-8-15)19(28)25-17-13-27-18(24-17)10-9-16(26-27)22-11-4-12-23-20(29)30/h5-10,13,23H,4,11-12H2,1-3H3,(H,22,26)(H,25,28)(H,29,30). The molecule has 0 aliphatic heterocycles. The van der Waals surface area contributed by atoms with Crippen molar-refractivity contribution in [2.24, 2.45) is 0 Å². The van der Waals surface area contributed by atoms with Gasteiger partial charge in [0.2, 0.25) is 0 Å². The molecule has 0 fully saturated rings. The number of anilines is 2. The number of hydrogen-bond donors (Lipinski definition) is 4. The highest BCUT2D eigenvalue weighted by Crippen LogP contribution is 2.22. The average Bonchev–Trinajstić information content (AvgIpc) is 3.08. The van der Waals surface area contributed by atoms with Crippen LogP contribution >= 0.6 is 0 Å². The number of carbonyl (C=O) groups excluding carboxylic acids is 1. The summed E-state index contributed by atoms with van der Waals surface area (Å²) >= 11 is 0. The van der Waals surface area contributed by atoms with Gasteiger partial charge >= 0.3 is 6.09 Å². The topological polar surface area (TPSA) is 121 Å². The summed E-state index contributed by atoms with van der Waals surface area (Å²) in [6.45, 7) is 7.32. The molecule has 2 heterocycles. The molecule has 158 valence electrons. The number of imidazole rings is 1. The second kappa shape index (κ2) is 8.81. The Balaban J connectivity index is 1.61. The Morgan fingerprint density at radius 2 is 1.77 bits per heavy atom. The Morgan fingerprint density at radius 1 is 1.03 bits per heavy atom. The number of benzene rings is 1. The van der Waals surface area contributed by atoms with E-state index in [1.807, 2.05) is 24.3 Å². The molecule has 3 rings (SSSR count). The lowest BCUT2D eigenvalue weighted by Crippen LogP contribution is -2.23. The van der Waals surface area contributed by atoms with E-state index >= 15 is 0 Å². The SMILES string of the molecule is CC(C)(C)c1ccc(C(=O)Nc2cn3nc(NCCCNC(=O)O)ccc3n2)cc1. The van der Waals surface area contributed by atoms with Gasteiger partial charge in [-0.25, -0.2) is 14.3 Å². The van der Waals surface area contributed by atoms with Gasteiger partial charge in [0.1, 0.15) is 5.82 Å². The highest BCUT2D eigenvalue weighted by atomic mass is 16.4. The predicted molar refractivity (Wildman–Crippen MR) is 115 cm³/mol. The van der Waals surface area contributed by atoms with Crippen LogP contribution in [0.4, 0.5) is 16.4 Å². The number of nitrogens with one attached hydrogen (secondary N) is 3. The van der Waals surface area contributed by atoms with Crippen LogP contribution in [-0.2, 0) is 5.41 Å². The predicted octanol–water partition coefficient (Wildman–Crippen LogP) is 3.35. The third-order valence-electron chi connectivity index (χ3n) is 4.51. The first-order valence-electron chi connectivity index (χ1n) is 9.71. The van der Waals surface area contributed by atoms with Gasteiger partial charge in [0.15, 0.2) is 11.5 Å². The van der Waals surface area contributed by atoms with E-state index in [1.54, 1.807) is 22.8 Å². The van der Waals surface area contributed by atoms with Crippen LogP contribution in [0.5, 0.6) is 0 Å². The molecule has 30 heavy (non-hydrogen) atoms. The van der Waals surface area contributed by atoms with Crippen molar-refractivity contribution in [2.75, 3.05) is 23.7 Å². The van der Waals surface area contributed by atoms with Crippen LogP contribution in [0.1, 0.15) is 43.1 Å². The van der Waals surface area contributed by atoms with Gasteiger partial charge in [-0.2, -0.15) is 0 Å². The Morgan fingerprint density at radius 3 is 2.43 bits per heavy atom. The molecule has 9 nitrogen and oxygen atoms in total. The molecular weight excluding hydrogens is 384 g/mol. The third kappa shape index (κ3) is 5.47. The summed E-state index contributed by atoms with van der Waals surface area (Å²) in [5.41, 5.74) is 2.35. The molecule has 2 amide bonds. The van der Waals surface area contributed by atoms with E-state index in [0.717, 1.165) is 5.56 Å². The number of carbonyl (C=O) groups is 2. The highest BCUT2D eigenvalue weighted by molar-refractivity contribution is 6.03. The van der Waals surface area contributed by atoms with Crippen molar-refractivity contribution in [1.82, 2.24) is 19.9 Å². The second-order valence-corrected chi connectivity index (χ2v) is 7.94. The average molecular weight is 410 g/mol. The minimum absolute atomic E-state index is 0.0286. The van der Waals surface area contributed by atoms with Crippen LogP contribution < -0.4 is 16.0 Å². The zero-order valence-electron chi connectivity index (χ0n) is 17.3. The summed E-state index contributed by atoms with van der Waals surface area (Å²) in [5.74, 6) is 0.809. The minimum atomic E-state index is -1.03. The lowest BCUT2D eigenvalue weighted by Gasteiger charge is -2.18. The van der Waals surface area contributed by atoms with Crippen LogP contribution in [0.15, 0.2) is 42.6 Å². The van der Waals surface area contributed by atoms with Gasteiger partial charge in [0.05, 0.1) is 6.20 Å². The molecule has 2 aromatic heterocycles. The van der Waals surface area contributed by atoms with E-state index < -0.39 is 6.09 Å². The van der Waals surface area contributed by atoms with E-state index in [2.05, 4.69) is 46.8 Å². The summed E-state index contributed by atoms with van der Waals surface area (Å²) < 4.78 is 1.58. The first-order valence-corrected chi connectivity index (χ1v) is 9.71. The lowest BCUT2D eigenvalue weighted by atomic mass is 9.87. The van der Waals surface area contributed by atoms with Crippen LogP contribution in [0, 0.1) is 0 Å². The van der Waals surface area contributed by atoms with Gasteiger partial charge in [0.25, 0.3) is 5.91 Å². The smallest absolute Gasteiger partial charge is 0.404 e. The number of carboxylic acid groups (broad SMARTS) is 1. The molecule has 0 atom stereocenters. The molecule has 4 N–H and O–H groups in total. The van der Waals surface area contributed by atoms with Crippen LogP contribution in [0.25, 0.3) is 5.65 Å². The maximum absolute atomic E-state index is 12.5. The summed E-state index contributed by atoms with van der Waals surface area (Å²) in [7, 11) is 0. The van der Waals surface area contributed by atoms with E-state index in [9.17, 15) is 9.59 Å². The quantitative estimate of drug-likeness (QED) is 0.443. The summed E-state index contributed by atoms with van der Waals surface area (Å²) in [4.78, 5) is 27.3. The van der Waals surface area contributed by atoms with Gasteiger partial charge in [-0.05, 0) is 41.7 Å². The van der Waals surface area contributed by atoms with Crippen molar-refractivity contribution in [3.05, 3.63) is 53.7 Å². The third-order valence-corrected chi connectivity index (χ3v) is 4.51. The highest BCUT2D eigenvalue weighted by Gasteiger charge is 2.15. The number of rotatable bonds is 7. The van der Waals surface area contributed by atoms with Crippen molar-refractivity contribution in [1.29, 1.82) is 0 Å². The van der Waals surface area contributed by atoms with E-state index in [-0.39, 0.29) is 11.3 Å². The number of hydrogen-bond acceptors (Lipinski definition) is 5. The fraction of sp³-hybridized carbons (Fsp3) is 0.333. The minimum Gasteiger partial charge on any atom is -0.465 e. The van der Waals surface area contributed by atoms with Gasteiger partial charge < -0.3 is 21.1 Å². The van der Waals surface area contributed by atoms with Crippen LogP contribution in [0.2, 0.25) is 0 Å². The number of fused-ring (bicyclic) bond motifs is 1. The molecule has 0 saturated heterocycles. The monoisotopic (exact) mass is 410 g/mol. The Bertz CT molecular complexity index is 1040. The molecule has 0 aliphatic carbocycles. The Hall–Kier alpha value is -3.62. The second-order valence-electron chi connectivity index (χ2n) is 7.94. The van der Waals surface area contributed by atoms with Crippen LogP contribution in [0.3, 0.4) is 0 Å². The van der Waals surface area contributed by atoms with Gasteiger partial charge in [-0.15, -0.1) is 5.10 Å². The molecular formula is C21H26N6O3. The molecule has 3 aromatic rings. The molecule has 0 bridgehead atoms. The lowest BCUT2D eigenvalue weighted by molar-refractivity contribution is 0.102. The largest absolute Gasteiger partial charge is 0.465 e. The maximum Gasteiger partial charge on any atom is 0.404 e. The van der Waals surface area contributed by atoms with Gasteiger partial charge in [-0.1, -0.05) is 32.9 Å². The summed E-state index contributed by atoms with van der Waals surface area (Å²) in [6, 6.07) is 11.1. The molecule has 9 heteroatoms. The van der Waals surface area contributed by atoms with Gasteiger partial charge in [0, 0.05) is 18.7 Å². The summed E-state index contributed by atoms with van der Waals surface area (Å²) in [5, 5.41) is 21.2. The molecule has 0 aliphatic rings. The number of amides is 2. The van der Waals surface area contributed by atoms with E-state index in [0.29, 0.717) is 42.4 Å². The molecule has 0 radical (unpaired) electrons. The molecule has 1 aromatic carbocycles. The van der Waals surface area contributed by atoms with Crippen LogP contribution in [-0.4, -0.2) is 44.8 Å². The fourth-order valence-electron chi connectivity index (χ4n) is 2.85. The maximum atomic E-state index is 12.5. The Labute approximate surface area is 174 Å².